The van der Waals surface area contributed by atoms with Crippen molar-refractivity contribution in [3.05, 3.63) is 35.6 Å². The topological polar surface area (TPSA) is 32.5 Å². The normalized spacial score (nSPS) is 28.5. The van der Waals surface area contributed by atoms with Gasteiger partial charge in [0.15, 0.2) is 0 Å². The van der Waals surface area contributed by atoms with Gasteiger partial charge in [-0.25, -0.2) is 4.39 Å². The minimum Gasteiger partial charge on any atom is -0.324 e. The van der Waals surface area contributed by atoms with Gasteiger partial charge < -0.3 is 5.73 Å². The van der Waals surface area contributed by atoms with Crippen molar-refractivity contribution in [1.82, 2.24) is 9.80 Å². The van der Waals surface area contributed by atoms with Crippen LogP contribution in [0.4, 0.5) is 4.39 Å². The van der Waals surface area contributed by atoms with Crippen molar-refractivity contribution in [3.8, 4) is 0 Å². The molecule has 0 saturated carbocycles. The van der Waals surface area contributed by atoms with Crippen LogP contribution in [-0.2, 0) is 0 Å². The SMILES string of the molecule is CC1CN2CCCC2CN1CCC(N)c1ccccc1F. The van der Waals surface area contributed by atoms with Crippen molar-refractivity contribution in [2.24, 2.45) is 5.73 Å². The van der Waals surface area contributed by atoms with Crippen molar-refractivity contribution in [2.45, 2.75) is 44.3 Å². The number of benzene rings is 1. The number of nitrogens with zero attached hydrogens (tertiary/aromatic N) is 2. The second-order valence-electron chi connectivity index (χ2n) is 6.55. The van der Waals surface area contributed by atoms with Gasteiger partial charge in [0.25, 0.3) is 0 Å². The fraction of sp³-hybridized carbons (Fsp3) is 0.647. The zero-order chi connectivity index (χ0) is 14.8. The van der Waals surface area contributed by atoms with Crippen LogP contribution in [0.5, 0.6) is 0 Å². The molecule has 0 aromatic heterocycles. The van der Waals surface area contributed by atoms with E-state index in [0.29, 0.717) is 11.6 Å². The molecular weight excluding hydrogens is 265 g/mol. The van der Waals surface area contributed by atoms with Crippen LogP contribution in [0.1, 0.15) is 37.8 Å². The Labute approximate surface area is 126 Å². The molecule has 2 saturated heterocycles. The summed E-state index contributed by atoms with van der Waals surface area (Å²) in [5, 5.41) is 0. The summed E-state index contributed by atoms with van der Waals surface area (Å²) < 4.78 is 13.8. The molecule has 1 aromatic carbocycles. The van der Waals surface area contributed by atoms with Crippen molar-refractivity contribution < 1.29 is 4.39 Å². The fourth-order valence-corrected chi connectivity index (χ4v) is 3.80. The van der Waals surface area contributed by atoms with Gasteiger partial charge in [-0.1, -0.05) is 18.2 Å². The van der Waals surface area contributed by atoms with E-state index in [4.69, 9.17) is 5.73 Å². The summed E-state index contributed by atoms with van der Waals surface area (Å²) in [5.74, 6) is -0.182. The van der Waals surface area contributed by atoms with Gasteiger partial charge in [0.2, 0.25) is 0 Å². The maximum absolute atomic E-state index is 13.8. The first-order valence-electron chi connectivity index (χ1n) is 8.13. The Morgan fingerprint density at radius 1 is 1.33 bits per heavy atom. The maximum atomic E-state index is 13.8. The van der Waals surface area contributed by atoms with E-state index in [9.17, 15) is 4.39 Å². The third-order valence-electron chi connectivity index (χ3n) is 5.10. The molecular formula is C17H26FN3. The van der Waals surface area contributed by atoms with Crippen LogP contribution in [0.3, 0.4) is 0 Å². The lowest BCUT2D eigenvalue weighted by atomic mass is 10.0. The van der Waals surface area contributed by atoms with Gasteiger partial charge in [-0.05, 0) is 38.8 Å². The molecule has 0 aliphatic carbocycles. The predicted octanol–water partition coefficient (Wildman–Crippen LogP) is 2.38. The summed E-state index contributed by atoms with van der Waals surface area (Å²) in [4.78, 5) is 5.16. The van der Waals surface area contributed by atoms with Crippen LogP contribution in [0, 0.1) is 5.82 Å². The average Bonchev–Trinajstić information content (AvgIpc) is 2.92. The molecule has 3 atom stereocenters. The third-order valence-corrected chi connectivity index (χ3v) is 5.10. The molecule has 2 N–H and O–H groups in total. The van der Waals surface area contributed by atoms with Crippen LogP contribution in [0.15, 0.2) is 24.3 Å². The minimum absolute atomic E-state index is 0.182. The number of fused-ring (bicyclic) bond motifs is 1. The lowest BCUT2D eigenvalue weighted by molar-refractivity contribution is 0.0574. The van der Waals surface area contributed by atoms with Gasteiger partial charge in [-0.15, -0.1) is 0 Å². The van der Waals surface area contributed by atoms with Crippen molar-refractivity contribution in [3.63, 3.8) is 0 Å². The number of halogens is 1. The van der Waals surface area contributed by atoms with Gasteiger partial charge >= 0.3 is 0 Å². The van der Waals surface area contributed by atoms with E-state index in [-0.39, 0.29) is 11.9 Å². The zero-order valence-corrected chi connectivity index (χ0v) is 12.8. The Morgan fingerprint density at radius 2 is 2.14 bits per heavy atom. The van der Waals surface area contributed by atoms with E-state index in [0.717, 1.165) is 25.6 Å². The van der Waals surface area contributed by atoms with Crippen LogP contribution >= 0.6 is 0 Å². The summed E-state index contributed by atoms with van der Waals surface area (Å²) in [5.41, 5.74) is 6.83. The molecule has 4 heteroatoms. The molecule has 0 bridgehead atoms. The maximum Gasteiger partial charge on any atom is 0.127 e. The minimum atomic E-state index is -0.208. The highest BCUT2D eigenvalue weighted by molar-refractivity contribution is 5.20. The van der Waals surface area contributed by atoms with Gasteiger partial charge in [0, 0.05) is 43.3 Å². The highest BCUT2D eigenvalue weighted by Crippen LogP contribution is 2.25. The third kappa shape index (κ3) is 3.28. The van der Waals surface area contributed by atoms with Crippen LogP contribution in [0.2, 0.25) is 0 Å². The quantitative estimate of drug-likeness (QED) is 0.924. The van der Waals surface area contributed by atoms with E-state index < -0.39 is 0 Å². The number of rotatable bonds is 4. The Hall–Kier alpha value is -0.970. The molecule has 116 valence electrons. The molecule has 3 rings (SSSR count). The summed E-state index contributed by atoms with van der Waals surface area (Å²) in [6.45, 7) is 6.83. The first-order valence-corrected chi connectivity index (χ1v) is 8.13. The first kappa shape index (κ1) is 14.9. The van der Waals surface area contributed by atoms with Crippen LogP contribution in [-0.4, -0.2) is 48.1 Å². The van der Waals surface area contributed by atoms with Crippen LogP contribution in [0.25, 0.3) is 0 Å². The van der Waals surface area contributed by atoms with E-state index in [2.05, 4.69) is 16.7 Å². The number of nitrogens with two attached hydrogens (primary N) is 1. The number of piperazine rings is 1. The summed E-state index contributed by atoms with van der Waals surface area (Å²) in [7, 11) is 0. The Morgan fingerprint density at radius 3 is 2.95 bits per heavy atom. The molecule has 0 spiro atoms. The molecule has 2 fully saturated rings. The largest absolute Gasteiger partial charge is 0.324 e. The van der Waals surface area contributed by atoms with Gasteiger partial charge in [0.05, 0.1) is 0 Å². The molecule has 2 heterocycles. The standard InChI is InChI=1S/C17H26FN3/c1-13-11-21-9-4-5-14(21)12-20(13)10-8-17(19)15-6-2-3-7-16(15)18/h2-3,6-7,13-14,17H,4-5,8-12,19H2,1H3. The molecule has 3 nitrogen and oxygen atoms in total. The van der Waals surface area contributed by atoms with Crippen molar-refractivity contribution in [1.29, 1.82) is 0 Å². The van der Waals surface area contributed by atoms with Gasteiger partial charge in [-0.3, -0.25) is 9.80 Å². The molecule has 3 unspecified atom stereocenters. The lowest BCUT2D eigenvalue weighted by Gasteiger charge is -2.42. The van der Waals surface area contributed by atoms with Gasteiger partial charge in [0.1, 0.15) is 5.82 Å². The Balaban J connectivity index is 1.56. The first-order chi connectivity index (χ1) is 10.1. The lowest BCUT2D eigenvalue weighted by Crippen LogP contribution is -2.55. The van der Waals surface area contributed by atoms with Crippen molar-refractivity contribution >= 4 is 0 Å². The van der Waals surface area contributed by atoms with Gasteiger partial charge in [-0.2, -0.15) is 0 Å². The van der Waals surface area contributed by atoms with E-state index in [1.54, 1.807) is 12.1 Å². The average molecular weight is 291 g/mol. The van der Waals surface area contributed by atoms with E-state index in [1.165, 1.54) is 32.0 Å². The second kappa shape index (κ2) is 6.42. The molecule has 0 amide bonds. The van der Waals surface area contributed by atoms with E-state index >= 15 is 0 Å². The molecule has 0 radical (unpaired) electrons. The Kier molecular flexibility index (Phi) is 4.57. The fourth-order valence-electron chi connectivity index (χ4n) is 3.80. The highest BCUT2D eigenvalue weighted by atomic mass is 19.1. The molecule has 2 aliphatic heterocycles. The Bertz CT molecular complexity index is 479. The molecule has 2 aliphatic rings. The van der Waals surface area contributed by atoms with E-state index in [1.807, 2.05) is 6.07 Å². The second-order valence-corrected chi connectivity index (χ2v) is 6.55. The summed E-state index contributed by atoms with van der Waals surface area (Å²) in [6.07, 6.45) is 3.47. The predicted molar refractivity (Wildman–Crippen MR) is 83.6 cm³/mol. The van der Waals surface area contributed by atoms with Crippen LogP contribution < -0.4 is 5.73 Å². The number of hydrogen-bond donors (Lipinski definition) is 1. The molecule has 21 heavy (non-hydrogen) atoms. The highest BCUT2D eigenvalue weighted by Gasteiger charge is 2.34. The number of hydrogen-bond acceptors (Lipinski definition) is 3. The molecule has 1 aromatic rings. The smallest absolute Gasteiger partial charge is 0.127 e. The summed E-state index contributed by atoms with van der Waals surface area (Å²) >= 11 is 0. The van der Waals surface area contributed by atoms with Crippen molar-refractivity contribution in [2.75, 3.05) is 26.2 Å². The summed E-state index contributed by atoms with van der Waals surface area (Å²) in [6, 6.07) is 7.97. The zero-order valence-electron chi connectivity index (χ0n) is 12.8. The monoisotopic (exact) mass is 291 g/mol.